The van der Waals surface area contributed by atoms with E-state index < -0.39 is 41.6 Å². The van der Waals surface area contributed by atoms with Gasteiger partial charge in [0.1, 0.15) is 17.7 Å². The molecule has 2 rings (SSSR count). The van der Waals surface area contributed by atoms with Crippen LogP contribution in [0.25, 0.3) is 0 Å². The minimum Gasteiger partial charge on any atom is -0.480 e. The van der Waals surface area contributed by atoms with Crippen molar-refractivity contribution >= 4 is 23.9 Å². The second kappa shape index (κ2) is 8.58. The summed E-state index contributed by atoms with van der Waals surface area (Å²) in [5.41, 5.74) is -0.704. The summed E-state index contributed by atoms with van der Waals surface area (Å²) in [4.78, 5) is 47.9. The number of carboxylic acids is 1. The first-order valence-electron chi connectivity index (χ1n) is 9.35. The molecule has 0 aromatic rings. The van der Waals surface area contributed by atoms with Crippen LogP contribution in [0, 0.1) is 11.8 Å². The highest BCUT2D eigenvalue weighted by atomic mass is 16.6. The van der Waals surface area contributed by atoms with E-state index in [9.17, 15) is 24.3 Å². The van der Waals surface area contributed by atoms with Gasteiger partial charge < -0.3 is 25.8 Å². The number of rotatable bonds is 8. The topological polar surface area (TPSA) is 134 Å². The molecule has 1 saturated carbocycles. The molecule has 27 heavy (non-hydrogen) atoms. The number of carbonyl (C=O) groups excluding carboxylic acids is 3. The average molecular weight is 383 g/mol. The van der Waals surface area contributed by atoms with Crippen LogP contribution >= 0.6 is 0 Å². The molecule has 1 heterocycles. The Morgan fingerprint density at radius 2 is 1.81 bits per heavy atom. The fourth-order valence-electron chi connectivity index (χ4n) is 3.02. The van der Waals surface area contributed by atoms with Crippen LogP contribution in [-0.4, -0.2) is 53.2 Å². The third-order valence-electron chi connectivity index (χ3n) is 4.57. The molecule has 0 spiro atoms. The van der Waals surface area contributed by atoms with E-state index in [1.165, 1.54) is 0 Å². The first-order valence-corrected chi connectivity index (χ1v) is 9.35. The maximum Gasteiger partial charge on any atom is 0.408 e. The van der Waals surface area contributed by atoms with Crippen LogP contribution in [0.2, 0.25) is 0 Å². The van der Waals surface area contributed by atoms with Crippen LogP contribution in [0.4, 0.5) is 4.79 Å². The third kappa shape index (κ3) is 7.07. The SMILES string of the molecule is CC(C)(C)OC(=O)N[C@@H](CC1CC1)C(=O)N[C@@H](C[C@@H]1CCNC1=O)C(=O)O. The van der Waals surface area contributed by atoms with Crippen molar-refractivity contribution in [1.29, 1.82) is 0 Å². The Kier molecular flexibility index (Phi) is 6.67. The molecule has 0 aromatic carbocycles. The van der Waals surface area contributed by atoms with E-state index >= 15 is 0 Å². The summed E-state index contributed by atoms with van der Waals surface area (Å²) in [6, 6.07) is -2.06. The molecule has 2 fully saturated rings. The highest BCUT2D eigenvalue weighted by Gasteiger charge is 2.35. The van der Waals surface area contributed by atoms with E-state index in [2.05, 4.69) is 16.0 Å². The van der Waals surface area contributed by atoms with E-state index in [1.807, 2.05) is 0 Å². The van der Waals surface area contributed by atoms with Crippen LogP contribution in [0.5, 0.6) is 0 Å². The van der Waals surface area contributed by atoms with Gasteiger partial charge in [-0.2, -0.15) is 0 Å². The number of aliphatic carboxylic acids is 1. The molecule has 1 saturated heterocycles. The normalized spacial score (nSPS) is 21.7. The van der Waals surface area contributed by atoms with Crippen LogP contribution in [0.3, 0.4) is 0 Å². The highest BCUT2D eigenvalue weighted by molar-refractivity contribution is 5.90. The Morgan fingerprint density at radius 3 is 2.30 bits per heavy atom. The Morgan fingerprint density at radius 1 is 1.15 bits per heavy atom. The number of carbonyl (C=O) groups is 4. The van der Waals surface area contributed by atoms with Gasteiger partial charge in [-0.1, -0.05) is 12.8 Å². The molecule has 1 aliphatic heterocycles. The fraction of sp³-hybridized carbons (Fsp3) is 0.778. The number of amides is 3. The van der Waals surface area contributed by atoms with Crippen molar-refractivity contribution in [3.05, 3.63) is 0 Å². The number of hydrogen-bond donors (Lipinski definition) is 4. The van der Waals surface area contributed by atoms with Crippen molar-refractivity contribution in [3.63, 3.8) is 0 Å². The van der Waals surface area contributed by atoms with E-state index in [4.69, 9.17) is 4.74 Å². The maximum absolute atomic E-state index is 12.6. The fourth-order valence-corrected chi connectivity index (χ4v) is 3.02. The second-order valence-corrected chi connectivity index (χ2v) is 8.29. The van der Waals surface area contributed by atoms with E-state index in [-0.39, 0.29) is 12.3 Å². The molecular formula is C18H29N3O6. The molecule has 3 atom stereocenters. The van der Waals surface area contributed by atoms with Gasteiger partial charge in [0.25, 0.3) is 0 Å². The number of nitrogens with one attached hydrogen (secondary N) is 3. The van der Waals surface area contributed by atoms with Gasteiger partial charge in [-0.25, -0.2) is 9.59 Å². The summed E-state index contributed by atoms with van der Waals surface area (Å²) < 4.78 is 5.20. The molecule has 0 radical (unpaired) electrons. The zero-order chi connectivity index (χ0) is 20.2. The van der Waals surface area contributed by atoms with Gasteiger partial charge in [0, 0.05) is 12.5 Å². The predicted molar refractivity (Wildman–Crippen MR) is 95.8 cm³/mol. The lowest BCUT2D eigenvalue weighted by Gasteiger charge is -2.25. The monoisotopic (exact) mass is 383 g/mol. The molecule has 0 aromatic heterocycles. The zero-order valence-electron chi connectivity index (χ0n) is 16.0. The minimum atomic E-state index is -1.20. The molecule has 1 aliphatic carbocycles. The van der Waals surface area contributed by atoms with Crippen molar-refractivity contribution < 1.29 is 29.0 Å². The Labute approximate surface area is 158 Å². The number of ether oxygens (including phenoxy) is 1. The van der Waals surface area contributed by atoms with Crippen molar-refractivity contribution in [2.75, 3.05) is 6.54 Å². The number of hydrogen-bond acceptors (Lipinski definition) is 5. The van der Waals surface area contributed by atoms with Crippen molar-refractivity contribution in [3.8, 4) is 0 Å². The van der Waals surface area contributed by atoms with Crippen molar-refractivity contribution in [1.82, 2.24) is 16.0 Å². The third-order valence-corrected chi connectivity index (χ3v) is 4.57. The summed E-state index contributed by atoms with van der Waals surface area (Å²) in [6.45, 7) is 5.66. The number of alkyl carbamates (subject to hydrolysis) is 1. The van der Waals surface area contributed by atoms with Crippen molar-refractivity contribution in [2.45, 2.75) is 70.6 Å². The highest BCUT2D eigenvalue weighted by Crippen LogP contribution is 2.33. The maximum atomic E-state index is 12.6. The minimum absolute atomic E-state index is 0.0233. The Hall–Kier alpha value is -2.32. The summed E-state index contributed by atoms with van der Waals surface area (Å²) >= 11 is 0. The molecule has 0 bridgehead atoms. The smallest absolute Gasteiger partial charge is 0.408 e. The van der Waals surface area contributed by atoms with Gasteiger partial charge in [-0.3, -0.25) is 9.59 Å². The van der Waals surface area contributed by atoms with E-state index in [0.29, 0.717) is 25.3 Å². The van der Waals surface area contributed by atoms with Crippen LogP contribution in [0.15, 0.2) is 0 Å². The van der Waals surface area contributed by atoms with Crippen LogP contribution < -0.4 is 16.0 Å². The quantitative estimate of drug-likeness (QED) is 0.489. The first kappa shape index (κ1) is 21.0. The van der Waals surface area contributed by atoms with Gasteiger partial charge in [-0.15, -0.1) is 0 Å². The number of carboxylic acid groups (broad SMARTS) is 1. The predicted octanol–water partition coefficient (Wildman–Crippen LogP) is 0.775. The summed E-state index contributed by atoms with van der Waals surface area (Å²) in [5.74, 6) is -2.08. The first-order chi connectivity index (χ1) is 12.5. The molecule has 3 amide bonds. The van der Waals surface area contributed by atoms with E-state index in [1.54, 1.807) is 20.8 Å². The Bertz CT molecular complexity index is 596. The van der Waals surface area contributed by atoms with Gasteiger partial charge in [0.05, 0.1) is 0 Å². The summed E-state index contributed by atoms with van der Waals surface area (Å²) in [6.07, 6.45) is 2.23. The van der Waals surface area contributed by atoms with Crippen LogP contribution in [-0.2, 0) is 19.1 Å². The molecule has 2 aliphatic rings. The second-order valence-electron chi connectivity index (χ2n) is 8.29. The molecule has 9 heteroatoms. The van der Waals surface area contributed by atoms with Gasteiger partial charge >= 0.3 is 12.1 Å². The van der Waals surface area contributed by atoms with Gasteiger partial charge in [-0.05, 0) is 46.0 Å². The van der Waals surface area contributed by atoms with E-state index in [0.717, 1.165) is 12.8 Å². The molecule has 152 valence electrons. The van der Waals surface area contributed by atoms with Crippen LogP contribution in [0.1, 0.15) is 52.9 Å². The lowest BCUT2D eigenvalue weighted by Crippen LogP contribution is -2.53. The largest absolute Gasteiger partial charge is 0.480 e. The van der Waals surface area contributed by atoms with Crippen molar-refractivity contribution in [2.24, 2.45) is 11.8 Å². The zero-order valence-corrected chi connectivity index (χ0v) is 16.0. The van der Waals surface area contributed by atoms with Gasteiger partial charge in [0.15, 0.2) is 0 Å². The molecular weight excluding hydrogens is 354 g/mol. The Balaban J connectivity index is 1.98. The lowest BCUT2D eigenvalue weighted by atomic mass is 9.98. The molecule has 4 N–H and O–H groups in total. The lowest BCUT2D eigenvalue weighted by molar-refractivity contribution is -0.142. The molecule has 0 unspecified atom stereocenters. The summed E-state index contributed by atoms with van der Waals surface area (Å²) in [7, 11) is 0. The van der Waals surface area contributed by atoms with Gasteiger partial charge in [0.2, 0.25) is 11.8 Å². The average Bonchev–Trinajstić information content (AvgIpc) is 3.25. The summed E-state index contributed by atoms with van der Waals surface area (Å²) in [5, 5.41) is 17.1. The standard InChI is InChI=1S/C18H29N3O6/c1-18(2,3)27-17(26)21-12(8-10-4-5-10)15(23)20-13(16(24)25)9-11-6-7-19-14(11)22/h10-13H,4-9H2,1-3H3,(H,19,22)(H,20,23)(H,21,26)(H,24,25)/t11-,12-,13-/m0/s1. The molecule has 9 nitrogen and oxygen atoms in total.